The van der Waals surface area contributed by atoms with Gasteiger partial charge in [-0.3, -0.25) is 4.79 Å². The van der Waals surface area contributed by atoms with E-state index in [1.165, 1.54) is 12.3 Å². The Morgan fingerprint density at radius 2 is 2.10 bits per heavy atom. The first kappa shape index (κ1) is 22.0. The zero-order valence-corrected chi connectivity index (χ0v) is 16.9. The van der Waals surface area contributed by atoms with Crippen molar-refractivity contribution < 1.29 is 26.7 Å². The molecule has 12 heteroatoms. The van der Waals surface area contributed by atoms with Crippen molar-refractivity contribution in [3.05, 3.63) is 41.7 Å². The van der Waals surface area contributed by atoms with Crippen molar-refractivity contribution in [3.8, 4) is 0 Å². The number of nitrogens with zero attached hydrogens (tertiary/aromatic N) is 3. The normalized spacial score (nSPS) is 17.6. The van der Waals surface area contributed by atoms with Crippen LogP contribution < -0.4 is 15.4 Å². The molecular formula is C18H21F2N5O4S. The summed E-state index contributed by atoms with van der Waals surface area (Å²) in [5, 5.41) is 7.28. The van der Waals surface area contributed by atoms with E-state index < -0.39 is 28.5 Å². The number of nitrogens with one attached hydrogen (secondary N) is 1. The number of carbonyl (C=O) groups is 1. The van der Waals surface area contributed by atoms with E-state index in [1.807, 2.05) is 0 Å². The zero-order chi connectivity index (χ0) is 21.9. The lowest BCUT2D eigenvalue weighted by Crippen LogP contribution is -2.30. The molecular weight excluding hydrogens is 420 g/mol. The number of sulfonamides is 1. The quantitative estimate of drug-likeness (QED) is 0.720. The molecule has 162 valence electrons. The summed E-state index contributed by atoms with van der Waals surface area (Å²) in [5.74, 6) is -0.202. The van der Waals surface area contributed by atoms with Crippen molar-refractivity contribution in [2.24, 2.45) is 5.14 Å². The third-order valence-electron chi connectivity index (χ3n) is 4.50. The van der Waals surface area contributed by atoms with Gasteiger partial charge in [0.15, 0.2) is 5.03 Å². The minimum Gasteiger partial charge on any atom is -0.370 e. The van der Waals surface area contributed by atoms with E-state index in [2.05, 4.69) is 15.3 Å². The number of aryl methyl sites for hydroxylation is 1. The van der Waals surface area contributed by atoms with Crippen molar-refractivity contribution in [3.63, 3.8) is 0 Å². The van der Waals surface area contributed by atoms with E-state index in [0.29, 0.717) is 18.1 Å². The molecule has 3 heterocycles. The second-order valence-electron chi connectivity index (χ2n) is 6.73. The standard InChI is InChI=1S/C18H21F2N5O4S/c1-11-2-3-13(17(23-11)25-7-5-14(16(19)20)29-9-8-25)18(26)24-12-4-6-22-15(10-12)30(21,27)28/h2-4,6,10,14,16H,5,7-9H2,1H3,(H2,21,27,28)(H,22,24,26). The van der Waals surface area contributed by atoms with Crippen molar-refractivity contribution in [1.29, 1.82) is 0 Å². The number of hydrogen-bond acceptors (Lipinski definition) is 7. The van der Waals surface area contributed by atoms with Gasteiger partial charge in [0.2, 0.25) is 0 Å². The van der Waals surface area contributed by atoms with E-state index >= 15 is 0 Å². The average Bonchev–Trinajstić information content (AvgIpc) is 2.93. The molecule has 0 aromatic carbocycles. The predicted molar refractivity (Wildman–Crippen MR) is 105 cm³/mol. The van der Waals surface area contributed by atoms with E-state index in [9.17, 15) is 22.0 Å². The third-order valence-corrected chi connectivity index (χ3v) is 5.31. The SMILES string of the molecule is Cc1ccc(C(=O)Nc2ccnc(S(N)(=O)=O)c2)c(N2CCOC(C(F)F)CC2)n1. The Labute approximate surface area is 172 Å². The maximum atomic E-state index is 13.0. The van der Waals surface area contributed by atoms with Crippen LogP contribution in [-0.4, -0.2) is 56.5 Å². The lowest BCUT2D eigenvalue weighted by atomic mass is 10.2. The zero-order valence-electron chi connectivity index (χ0n) is 16.1. The molecule has 0 spiro atoms. The Hall–Kier alpha value is -2.70. The number of ether oxygens (including phenoxy) is 1. The van der Waals surface area contributed by atoms with Crippen LogP contribution in [0.1, 0.15) is 22.5 Å². The lowest BCUT2D eigenvalue weighted by molar-refractivity contribution is -0.0493. The van der Waals surface area contributed by atoms with Crippen LogP contribution in [0.2, 0.25) is 0 Å². The fourth-order valence-electron chi connectivity index (χ4n) is 3.01. The molecule has 30 heavy (non-hydrogen) atoms. The van der Waals surface area contributed by atoms with Crippen LogP contribution in [0.25, 0.3) is 0 Å². The molecule has 1 saturated heterocycles. The maximum Gasteiger partial charge on any atom is 0.264 e. The molecule has 1 unspecified atom stereocenters. The fourth-order valence-corrected chi connectivity index (χ4v) is 3.50. The van der Waals surface area contributed by atoms with Gasteiger partial charge in [-0.05, 0) is 31.5 Å². The van der Waals surface area contributed by atoms with Crippen LogP contribution in [0.3, 0.4) is 0 Å². The van der Waals surface area contributed by atoms with Gasteiger partial charge in [-0.1, -0.05) is 0 Å². The van der Waals surface area contributed by atoms with Gasteiger partial charge < -0.3 is 15.0 Å². The number of nitrogens with two attached hydrogens (primary N) is 1. The number of carbonyl (C=O) groups excluding carboxylic acids is 1. The van der Waals surface area contributed by atoms with Gasteiger partial charge in [0.1, 0.15) is 11.9 Å². The van der Waals surface area contributed by atoms with Crippen molar-refractivity contribution >= 4 is 27.4 Å². The van der Waals surface area contributed by atoms with Crippen LogP contribution in [0, 0.1) is 6.92 Å². The minimum absolute atomic E-state index is 0.0771. The number of halogens is 2. The van der Waals surface area contributed by atoms with Gasteiger partial charge >= 0.3 is 0 Å². The summed E-state index contributed by atoms with van der Waals surface area (Å²) in [4.78, 5) is 22.7. The van der Waals surface area contributed by atoms with Crippen LogP contribution in [-0.2, 0) is 14.8 Å². The van der Waals surface area contributed by atoms with Crippen LogP contribution >= 0.6 is 0 Å². The van der Waals surface area contributed by atoms with Crippen LogP contribution in [0.15, 0.2) is 35.5 Å². The van der Waals surface area contributed by atoms with Crippen molar-refractivity contribution in [1.82, 2.24) is 9.97 Å². The minimum atomic E-state index is -4.03. The van der Waals surface area contributed by atoms with Crippen molar-refractivity contribution in [2.75, 3.05) is 29.9 Å². The average molecular weight is 441 g/mol. The lowest BCUT2D eigenvalue weighted by Gasteiger charge is -2.23. The number of anilines is 2. The topological polar surface area (TPSA) is 128 Å². The Morgan fingerprint density at radius 1 is 1.33 bits per heavy atom. The van der Waals surface area contributed by atoms with Gasteiger partial charge in [-0.25, -0.2) is 32.3 Å². The highest BCUT2D eigenvalue weighted by Gasteiger charge is 2.27. The summed E-state index contributed by atoms with van der Waals surface area (Å²) >= 11 is 0. The first-order chi connectivity index (χ1) is 14.1. The molecule has 0 bridgehead atoms. The van der Waals surface area contributed by atoms with E-state index in [0.717, 1.165) is 6.07 Å². The highest BCUT2D eigenvalue weighted by Crippen LogP contribution is 2.24. The second kappa shape index (κ2) is 8.98. The molecule has 3 rings (SSSR count). The Morgan fingerprint density at radius 3 is 2.80 bits per heavy atom. The van der Waals surface area contributed by atoms with Gasteiger partial charge in [0.05, 0.1) is 12.2 Å². The highest BCUT2D eigenvalue weighted by molar-refractivity contribution is 7.89. The second-order valence-corrected chi connectivity index (χ2v) is 8.23. The van der Waals surface area contributed by atoms with E-state index in [-0.39, 0.29) is 35.8 Å². The van der Waals surface area contributed by atoms with E-state index in [1.54, 1.807) is 24.0 Å². The van der Waals surface area contributed by atoms with Crippen molar-refractivity contribution in [2.45, 2.75) is 30.9 Å². The molecule has 1 atom stereocenters. The summed E-state index contributed by atoms with van der Waals surface area (Å²) < 4.78 is 54.1. The monoisotopic (exact) mass is 441 g/mol. The molecule has 0 saturated carbocycles. The molecule has 1 fully saturated rings. The number of pyridine rings is 2. The molecule has 9 nitrogen and oxygen atoms in total. The number of hydrogen-bond donors (Lipinski definition) is 2. The molecule has 1 aliphatic heterocycles. The molecule has 0 aliphatic carbocycles. The summed E-state index contributed by atoms with van der Waals surface area (Å²) in [6.45, 7) is 2.37. The number of alkyl halides is 2. The summed E-state index contributed by atoms with van der Waals surface area (Å²) in [6, 6.07) is 5.78. The Kier molecular flexibility index (Phi) is 6.58. The van der Waals surface area contributed by atoms with Crippen LogP contribution in [0.5, 0.6) is 0 Å². The number of rotatable bonds is 5. The molecule has 1 aliphatic rings. The predicted octanol–water partition coefficient (Wildman–Crippen LogP) is 1.55. The van der Waals surface area contributed by atoms with Crippen LogP contribution in [0.4, 0.5) is 20.3 Å². The number of primary sulfonamides is 1. The maximum absolute atomic E-state index is 13.0. The van der Waals surface area contributed by atoms with Gasteiger partial charge in [-0.15, -0.1) is 0 Å². The molecule has 2 aromatic heterocycles. The first-order valence-corrected chi connectivity index (χ1v) is 10.6. The summed E-state index contributed by atoms with van der Waals surface area (Å²) in [7, 11) is -4.03. The van der Waals surface area contributed by atoms with Gasteiger partial charge in [-0.2, -0.15) is 0 Å². The first-order valence-electron chi connectivity index (χ1n) is 9.07. The fraction of sp³-hybridized carbons (Fsp3) is 0.389. The van der Waals surface area contributed by atoms with E-state index in [4.69, 9.17) is 9.88 Å². The number of amides is 1. The molecule has 3 N–H and O–H groups in total. The Balaban J connectivity index is 1.85. The van der Waals surface area contributed by atoms with Gasteiger partial charge in [0, 0.05) is 36.7 Å². The molecule has 2 aromatic rings. The highest BCUT2D eigenvalue weighted by atomic mass is 32.2. The van der Waals surface area contributed by atoms with Gasteiger partial charge in [0.25, 0.3) is 22.4 Å². The smallest absolute Gasteiger partial charge is 0.264 e. The molecule has 1 amide bonds. The summed E-state index contributed by atoms with van der Waals surface area (Å²) in [5.41, 5.74) is 1.05. The molecule has 0 radical (unpaired) electrons. The third kappa shape index (κ3) is 5.26. The number of aromatic nitrogens is 2. The Bertz CT molecular complexity index is 1030. The largest absolute Gasteiger partial charge is 0.370 e. The summed E-state index contributed by atoms with van der Waals surface area (Å²) in [6.07, 6.45) is -2.44.